The Kier molecular flexibility index (Phi) is 9.17. The number of halogens is 1. The second-order valence-electron chi connectivity index (χ2n) is 8.42. The lowest BCUT2D eigenvalue weighted by molar-refractivity contribution is -0.138. The van der Waals surface area contributed by atoms with E-state index in [0.717, 1.165) is 63.7 Å². The molecule has 170 valence electrons. The average molecular weight is 533 g/mol. The van der Waals surface area contributed by atoms with Crippen molar-refractivity contribution < 1.29 is 4.79 Å². The van der Waals surface area contributed by atoms with Crippen molar-refractivity contribution in [1.82, 2.24) is 29.9 Å². The molecule has 1 aromatic rings. The molecular formula is C20H36IN7O2. The van der Waals surface area contributed by atoms with E-state index in [9.17, 15) is 9.59 Å². The number of amides is 1. The van der Waals surface area contributed by atoms with Crippen LogP contribution in [0.3, 0.4) is 0 Å². The zero-order valence-electron chi connectivity index (χ0n) is 18.4. The summed E-state index contributed by atoms with van der Waals surface area (Å²) in [4.78, 5) is 31.0. The number of fused-ring (bicyclic) bond motifs is 1. The fraction of sp³-hybridized carbons (Fsp3) is 0.800. The van der Waals surface area contributed by atoms with Gasteiger partial charge in [0.25, 0.3) is 0 Å². The van der Waals surface area contributed by atoms with Crippen LogP contribution in [0.25, 0.3) is 0 Å². The number of carbonyl (C=O) groups excluding carboxylic acids is 1. The monoisotopic (exact) mass is 533 g/mol. The Labute approximate surface area is 195 Å². The second kappa shape index (κ2) is 11.1. The summed E-state index contributed by atoms with van der Waals surface area (Å²) in [6.45, 7) is 2.65. The Bertz CT molecular complexity index is 794. The van der Waals surface area contributed by atoms with Crippen molar-refractivity contribution in [2.75, 3.05) is 34.2 Å². The zero-order chi connectivity index (χ0) is 20.9. The highest BCUT2D eigenvalue weighted by Crippen LogP contribution is 2.38. The van der Waals surface area contributed by atoms with Crippen molar-refractivity contribution in [2.45, 2.75) is 64.5 Å². The lowest BCUT2D eigenvalue weighted by atomic mass is 9.84. The van der Waals surface area contributed by atoms with E-state index in [1.54, 1.807) is 21.2 Å². The number of hydrogen-bond acceptors (Lipinski definition) is 4. The van der Waals surface area contributed by atoms with Gasteiger partial charge in [-0.3, -0.25) is 14.4 Å². The van der Waals surface area contributed by atoms with E-state index in [-0.39, 0.29) is 41.0 Å². The summed E-state index contributed by atoms with van der Waals surface area (Å²) in [5.41, 5.74) is -0.322. The first-order valence-electron chi connectivity index (χ1n) is 10.8. The summed E-state index contributed by atoms with van der Waals surface area (Å²) in [6, 6.07) is 0. The molecule has 0 atom stereocenters. The van der Waals surface area contributed by atoms with E-state index >= 15 is 0 Å². The number of nitrogens with zero attached hydrogens (tertiary/aromatic N) is 5. The van der Waals surface area contributed by atoms with Gasteiger partial charge in [0.1, 0.15) is 5.82 Å². The van der Waals surface area contributed by atoms with E-state index in [0.29, 0.717) is 25.6 Å². The minimum absolute atomic E-state index is 0. The number of guanidine groups is 1. The molecule has 0 bridgehead atoms. The predicted molar refractivity (Wildman–Crippen MR) is 128 cm³/mol. The first kappa shape index (κ1) is 24.7. The van der Waals surface area contributed by atoms with E-state index < -0.39 is 0 Å². The number of aromatic nitrogens is 3. The van der Waals surface area contributed by atoms with Gasteiger partial charge in [0.15, 0.2) is 5.96 Å². The second-order valence-corrected chi connectivity index (χ2v) is 8.42. The molecule has 0 spiro atoms. The van der Waals surface area contributed by atoms with Crippen LogP contribution in [0.1, 0.15) is 50.8 Å². The van der Waals surface area contributed by atoms with Crippen molar-refractivity contribution in [1.29, 1.82) is 0 Å². The first-order chi connectivity index (χ1) is 14.0. The summed E-state index contributed by atoms with van der Waals surface area (Å²) in [5.74, 6) is 1.81. The maximum absolute atomic E-state index is 12.7. The topological polar surface area (TPSA) is 96.5 Å². The molecule has 2 N–H and O–H groups in total. The van der Waals surface area contributed by atoms with Crippen molar-refractivity contribution in [3.05, 3.63) is 16.3 Å². The highest BCUT2D eigenvalue weighted by Gasteiger charge is 2.42. The minimum Gasteiger partial charge on any atom is -0.356 e. The molecule has 30 heavy (non-hydrogen) atoms. The third-order valence-corrected chi connectivity index (χ3v) is 6.11. The van der Waals surface area contributed by atoms with Crippen molar-refractivity contribution in [2.24, 2.45) is 10.4 Å². The smallest absolute Gasteiger partial charge is 0.345 e. The van der Waals surface area contributed by atoms with E-state index in [1.165, 1.54) is 0 Å². The Morgan fingerprint density at radius 2 is 1.93 bits per heavy atom. The van der Waals surface area contributed by atoms with Crippen molar-refractivity contribution in [3.8, 4) is 0 Å². The maximum atomic E-state index is 12.7. The van der Waals surface area contributed by atoms with Crippen LogP contribution >= 0.6 is 24.0 Å². The van der Waals surface area contributed by atoms with Gasteiger partial charge in [-0.25, -0.2) is 9.48 Å². The summed E-state index contributed by atoms with van der Waals surface area (Å²) >= 11 is 0. The number of aryl methyl sites for hydroxylation is 2. The molecule has 2 heterocycles. The molecule has 1 fully saturated rings. The van der Waals surface area contributed by atoms with Gasteiger partial charge in [-0.05, 0) is 32.1 Å². The summed E-state index contributed by atoms with van der Waals surface area (Å²) < 4.78 is 3.39. The Hall–Kier alpha value is -1.59. The van der Waals surface area contributed by atoms with E-state index in [1.807, 2.05) is 14.1 Å². The highest BCUT2D eigenvalue weighted by atomic mass is 127. The van der Waals surface area contributed by atoms with Gasteiger partial charge >= 0.3 is 5.69 Å². The number of rotatable bonds is 7. The molecule has 0 radical (unpaired) electrons. The standard InChI is InChI=1S/C20H35N7O2.HI/c1-21-18(23-15-20(10-5-6-11-20)17(28)25(2)3)22-12-8-14-27-19(29)26-13-7-4-9-16(26)24-27;/h4-15H2,1-3H3,(H2,21,22,23);1H. The quantitative estimate of drug-likeness (QED) is 0.238. The van der Waals surface area contributed by atoms with Crippen molar-refractivity contribution in [3.63, 3.8) is 0 Å². The summed E-state index contributed by atoms with van der Waals surface area (Å²) in [6.07, 6.45) is 7.86. The average Bonchev–Trinajstić information content (AvgIpc) is 3.33. The Morgan fingerprint density at radius 3 is 2.57 bits per heavy atom. The van der Waals surface area contributed by atoms with Crippen LogP contribution in [0.2, 0.25) is 0 Å². The molecule has 10 heteroatoms. The SMILES string of the molecule is CN=C(NCCCn1nc2n(c1=O)CCCC2)NCC1(C(=O)N(C)C)CCCC1.I. The number of hydrogen-bond donors (Lipinski definition) is 2. The van der Waals surface area contributed by atoms with Crippen LogP contribution < -0.4 is 16.3 Å². The van der Waals surface area contributed by atoms with Gasteiger partial charge in [-0.2, -0.15) is 5.10 Å². The lowest BCUT2D eigenvalue weighted by Crippen LogP contribution is -2.49. The lowest BCUT2D eigenvalue weighted by Gasteiger charge is -2.31. The fourth-order valence-electron chi connectivity index (χ4n) is 4.50. The van der Waals surface area contributed by atoms with Gasteiger partial charge in [0, 0.05) is 53.7 Å². The van der Waals surface area contributed by atoms with Crippen LogP contribution in [-0.2, 0) is 24.3 Å². The van der Waals surface area contributed by atoms with E-state index in [2.05, 4.69) is 20.7 Å². The summed E-state index contributed by atoms with van der Waals surface area (Å²) in [7, 11) is 5.38. The molecule has 1 aliphatic heterocycles. The molecule has 1 amide bonds. The molecule has 1 aliphatic carbocycles. The molecular weight excluding hydrogens is 497 g/mol. The highest BCUT2D eigenvalue weighted by molar-refractivity contribution is 14.0. The van der Waals surface area contributed by atoms with Crippen LogP contribution in [0.4, 0.5) is 0 Å². The molecule has 0 aromatic carbocycles. The normalized spacial score (nSPS) is 17.8. The zero-order valence-corrected chi connectivity index (χ0v) is 20.8. The van der Waals surface area contributed by atoms with Gasteiger partial charge in [-0.1, -0.05) is 12.8 Å². The first-order valence-corrected chi connectivity index (χ1v) is 10.8. The predicted octanol–water partition coefficient (Wildman–Crippen LogP) is 1.20. The van der Waals surface area contributed by atoms with Gasteiger partial charge in [-0.15, -0.1) is 24.0 Å². The number of aliphatic imine (C=N–C) groups is 1. The molecule has 3 rings (SSSR count). The molecule has 0 saturated heterocycles. The van der Waals surface area contributed by atoms with Crippen LogP contribution in [0.15, 0.2) is 9.79 Å². The largest absolute Gasteiger partial charge is 0.356 e. The third kappa shape index (κ3) is 5.55. The third-order valence-electron chi connectivity index (χ3n) is 6.11. The van der Waals surface area contributed by atoms with Gasteiger partial charge in [0.2, 0.25) is 5.91 Å². The number of carbonyl (C=O) groups is 1. The maximum Gasteiger partial charge on any atom is 0.345 e. The molecule has 1 saturated carbocycles. The van der Waals surface area contributed by atoms with Gasteiger partial charge in [0.05, 0.1) is 5.41 Å². The fourth-order valence-corrected chi connectivity index (χ4v) is 4.50. The molecule has 2 aliphatic rings. The van der Waals surface area contributed by atoms with E-state index in [4.69, 9.17) is 0 Å². The molecule has 1 aromatic heterocycles. The Morgan fingerprint density at radius 1 is 1.20 bits per heavy atom. The van der Waals surface area contributed by atoms with Crippen molar-refractivity contribution >= 4 is 35.8 Å². The summed E-state index contributed by atoms with van der Waals surface area (Å²) in [5, 5.41) is 11.1. The minimum atomic E-state index is -0.329. The molecule has 0 unspecified atom stereocenters. The Balaban J connectivity index is 0.00000320. The van der Waals surface area contributed by atoms with Crippen LogP contribution in [-0.4, -0.2) is 65.3 Å². The number of nitrogens with one attached hydrogen (secondary N) is 2. The van der Waals surface area contributed by atoms with Crippen LogP contribution in [0, 0.1) is 5.41 Å². The van der Waals surface area contributed by atoms with Crippen LogP contribution in [0.5, 0.6) is 0 Å². The molecule has 9 nitrogen and oxygen atoms in total. The van der Waals surface area contributed by atoms with Gasteiger partial charge < -0.3 is 15.5 Å².